The molecule has 136 valence electrons. The lowest BCUT2D eigenvalue weighted by Crippen LogP contribution is -2.55. The van der Waals surface area contributed by atoms with Crippen LogP contribution < -0.4 is 22.1 Å². The number of carbonyl (C=O) groups excluding carboxylic acids is 3. The molecule has 0 saturated carbocycles. The molecule has 0 aliphatic carbocycles. The highest BCUT2D eigenvalue weighted by molar-refractivity contribution is 7.80. The molecule has 8 N–H and O–H groups in total. The molecule has 0 spiro atoms. The molecular formula is C12H20N4O7S. The predicted octanol–water partition coefficient (Wildman–Crippen LogP) is -2.96. The number of nitrogens with two attached hydrogens (primary N) is 2. The van der Waals surface area contributed by atoms with E-state index in [1.165, 1.54) is 0 Å². The van der Waals surface area contributed by atoms with Gasteiger partial charge < -0.3 is 32.3 Å². The van der Waals surface area contributed by atoms with E-state index >= 15 is 0 Å². The van der Waals surface area contributed by atoms with E-state index in [9.17, 15) is 24.0 Å². The number of nitrogens with one attached hydrogen (secondary N) is 2. The molecular weight excluding hydrogens is 344 g/mol. The highest BCUT2D eigenvalue weighted by Gasteiger charge is 2.27. The van der Waals surface area contributed by atoms with Gasteiger partial charge in [-0.3, -0.25) is 19.2 Å². The second-order valence-electron chi connectivity index (χ2n) is 4.85. The summed E-state index contributed by atoms with van der Waals surface area (Å²) in [6.45, 7) is 0. The van der Waals surface area contributed by atoms with Crippen LogP contribution in [0.1, 0.15) is 19.3 Å². The molecule has 3 atom stereocenters. The van der Waals surface area contributed by atoms with Gasteiger partial charge in [-0.1, -0.05) is 0 Å². The largest absolute Gasteiger partial charge is 0.481 e. The van der Waals surface area contributed by atoms with Gasteiger partial charge in [0, 0.05) is 12.2 Å². The lowest BCUT2D eigenvalue weighted by atomic mass is 10.1. The summed E-state index contributed by atoms with van der Waals surface area (Å²) in [5.41, 5.74) is 10.3. The van der Waals surface area contributed by atoms with E-state index in [0.717, 1.165) is 0 Å². The molecule has 0 heterocycles. The number of carbonyl (C=O) groups is 5. The molecule has 3 unspecified atom stereocenters. The molecule has 0 aromatic rings. The van der Waals surface area contributed by atoms with Gasteiger partial charge in [-0.2, -0.15) is 12.6 Å². The van der Waals surface area contributed by atoms with Crippen molar-refractivity contribution in [3.63, 3.8) is 0 Å². The van der Waals surface area contributed by atoms with Crippen molar-refractivity contribution in [2.75, 3.05) is 5.75 Å². The normalized spacial score (nSPS) is 14.1. The van der Waals surface area contributed by atoms with Crippen molar-refractivity contribution in [3.8, 4) is 0 Å². The maximum atomic E-state index is 12.0. The van der Waals surface area contributed by atoms with Gasteiger partial charge in [0.15, 0.2) is 0 Å². The quantitative estimate of drug-likeness (QED) is 0.188. The van der Waals surface area contributed by atoms with Crippen LogP contribution >= 0.6 is 12.6 Å². The van der Waals surface area contributed by atoms with E-state index in [-0.39, 0.29) is 12.2 Å². The Morgan fingerprint density at radius 2 is 1.54 bits per heavy atom. The number of amides is 3. The van der Waals surface area contributed by atoms with Crippen LogP contribution in [0.25, 0.3) is 0 Å². The van der Waals surface area contributed by atoms with Gasteiger partial charge >= 0.3 is 11.9 Å². The molecule has 0 bridgehead atoms. The third kappa shape index (κ3) is 8.33. The molecule has 0 aromatic heterocycles. The number of carboxylic acids is 2. The Morgan fingerprint density at radius 3 is 1.96 bits per heavy atom. The maximum absolute atomic E-state index is 12.0. The fourth-order valence-corrected chi connectivity index (χ4v) is 1.84. The molecule has 0 aromatic carbocycles. The summed E-state index contributed by atoms with van der Waals surface area (Å²) in [6, 6.07) is -3.92. The minimum atomic E-state index is -1.44. The van der Waals surface area contributed by atoms with Crippen LogP contribution in [0.4, 0.5) is 0 Å². The number of aliphatic carboxylic acids is 2. The summed E-state index contributed by atoms with van der Waals surface area (Å²) in [4.78, 5) is 55.9. The Balaban J connectivity index is 4.76. The topological polar surface area (TPSA) is 202 Å². The zero-order valence-corrected chi connectivity index (χ0v) is 13.5. The average Bonchev–Trinajstić information content (AvgIpc) is 2.47. The molecule has 0 radical (unpaired) electrons. The molecule has 24 heavy (non-hydrogen) atoms. The van der Waals surface area contributed by atoms with Crippen LogP contribution in [0, 0.1) is 0 Å². The number of hydrogen-bond donors (Lipinski definition) is 7. The van der Waals surface area contributed by atoms with Gasteiger partial charge in [0.1, 0.15) is 12.1 Å². The van der Waals surface area contributed by atoms with Gasteiger partial charge in [0.25, 0.3) is 0 Å². The number of primary amides is 1. The first-order chi connectivity index (χ1) is 11.1. The van der Waals surface area contributed by atoms with Crippen LogP contribution in [-0.4, -0.2) is 63.8 Å². The van der Waals surface area contributed by atoms with Gasteiger partial charge in [0.05, 0.1) is 12.5 Å². The van der Waals surface area contributed by atoms with Gasteiger partial charge in [-0.05, 0) is 6.42 Å². The zero-order chi connectivity index (χ0) is 18.9. The van der Waals surface area contributed by atoms with Crippen molar-refractivity contribution < 1.29 is 34.2 Å². The van der Waals surface area contributed by atoms with Crippen molar-refractivity contribution in [2.45, 2.75) is 37.4 Å². The Bertz CT molecular complexity index is 514. The highest BCUT2D eigenvalue weighted by atomic mass is 32.1. The number of thiol groups is 1. The maximum Gasteiger partial charge on any atom is 0.326 e. The monoisotopic (exact) mass is 364 g/mol. The number of rotatable bonds is 11. The van der Waals surface area contributed by atoms with Gasteiger partial charge in [-0.25, -0.2) is 4.79 Å². The smallest absolute Gasteiger partial charge is 0.326 e. The minimum absolute atomic E-state index is 0.174. The standard InChI is InChI=1S/C12H20N4O7S/c13-5(3-8(14)17)10(20)16-7(4-24)11(21)15-6(12(22)23)1-2-9(18)19/h5-7,24H,1-4,13H2,(H2,14,17)(H,15,21)(H,16,20)(H,18,19)(H,22,23). The van der Waals surface area contributed by atoms with E-state index in [1.807, 2.05) is 0 Å². The van der Waals surface area contributed by atoms with E-state index < -0.39 is 60.6 Å². The number of hydrogen-bond acceptors (Lipinski definition) is 7. The first-order valence-electron chi connectivity index (χ1n) is 6.78. The fourth-order valence-electron chi connectivity index (χ4n) is 1.58. The van der Waals surface area contributed by atoms with Crippen LogP contribution in [0.2, 0.25) is 0 Å². The Labute approximate surface area is 142 Å². The number of carboxylic acid groups (broad SMARTS) is 2. The molecule has 0 aliphatic rings. The second-order valence-corrected chi connectivity index (χ2v) is 5.22. The van der Waals surface area contributed by atoms with Gasteiger partial charge in [0.2, 0.25) is 17.7 Å². The summed E-state index contributed by atoms with van der Waals surface area (Å²) in [5.74, 6) is -5.32. The van der Waals surface area contributed by atoms with Crippen LogP contribution in [-0.2, 0) is 24.0 Å². The van der Waals surface area contributed by atoms with Gasteiger partial charge in [-0.15, -0.1) is 0 Å². The van der Waals surface area contributed by atoms with Crippen molar-refractivity contribution in [2.24, 2.45) is 11.5 Å². The summed E-state index contributed by atoms with van der Waals surface area (Å²) in [6.07, 6.45) is -1.22. The van der Waals surface area contributed by atoms with E-state index in [4.69, 9.17) is 21.7 Å². The third-order valence-electron chi connectivity index (χ3n) is 2.83. The second kappa shape index (κ2) is 10.4. The van der Waals surface area contributed by atoms with Crippen LogP contribution in [0.5, 0.6) is 0 Å². The highest BCUT2D eigenvalue weighted by Crippen LogP contribution is 2.00. The van der Waals surface area contributed by atoms with Crippen molar-refractivity contribution >= 4 is 42.3 Å². The molecule has 0 rings (SSSR count). The molecule has 12 heteroatoms. The molecule has 3 amide bonds. The SMILES string of the molecule is NC(=O)CC(N)C(=O)NC(CS)C(=O)NC(CCC(=O)O)C(=O)O. The fraction of sp³-hybridized carbons (Fsp3) is 0.583. The lowest BCUT2D eigenvalue weighted by molar-refractivity contribution is -0.143. The lowest BCUT2D eigenvalue weighted by Gasteiger charge is -2.21. The zero-order valence-electron chi connectivity index (χ0n) is 12.6. The summed E-state index contributed by atoms with van der Waals surface area (Å²) in [5, 5.41) is 21.9. The summed E-state index contributed by atoms with van der Waals surface area (Å²) in [7, 11) is 0. The van der Waals surface area contributed by atoms with Crippen molar-refractivity contribution in [1.82, 2.24) is 10.6 Å². The Hall–Kier alpha value is -2.34. The van der Waals surface area contributed by atoms with Crippen LogP contribution in [0.15, 0.2) is 0 Å². The average molecular weight is 364 g/mol. The predicted molar refractivity (Wildman–Crippen MR) is 84.0 cm³/mol. The Kier molecular flexibility index (Phi) is 9.42. The minimum Gasteiger partial charge on any atom is -0.481 e. The molecule has 11 nitrogen and oxygen atoms in total. The third-order valence-corrected chi connectivity index (χ3v) is 3.20. The Morgan fingerprint density at radius 1 is 1.00 bits per heavy atom. The first-order valence-corrected chi connectivity index (χ1v) is 7.41. The molecule has 0 fully saturated rings. The summed E-state index contributed by atoms with van der Waals surface area (Å²) >= 11 is 3.88. The van der Waals surface area contributed by atoms with E-state index in [0.29, 0.717) is 0 Å². The van der Waals surface area contributed by atoms with Crippen molar-refractivity contribution in [3.05, 3.63) is 0 Å². The molecule has 0 aliphatic heterocycles. The van der Waals surface area contributed by atoms with Crippen LogP contribution in [0.3, 0.4) is 0 Å². The summed E-state index contributed by atoms with van der Waals surface area (Å²) < 4.78 is 0. The van der Waals surface area contributed by atoms with E-state index in [2.05, 4.69) is 23.3 Å². The van der Waals surface area contributed by atoms with E-state index in [1.54, 1.807) is 0 Å². The van der Waals surface area contributed by atoms with Crippen molar-refractivity contribution in [1.29, 1.82) is 0 Å². The molecule has 0 saturated heterocycles. The first kappa shape index (κ1) is 21.7.